The quantitative estimate of drug-likeness (QED) is 0.372. The molecule has 0 spiro atoms. The zero-order valence-electron chi connectivity index (χ0n) is 11.2. The maximum Gasteiger partial charge on any atom is 0.308 e. The van der Waals surface area contributed by atoms with Crippen LogP contribution in [0.25, 0.3) is 0 Å². The van der Waals surface area contributed by atoms with E-state index in [0.29, 0.717) is 6.42 Å². The summed E-state index contributed by atoms with van der Waals surface area (Å²) in [7, 11) is 0. The van der Waals surface area contributed by atoms with Gasteiger partial charge in [-0.1, -0.05) is 32.6 Å². The Kier molecular flexibility index (Phi) is 8.17. The van der Waals surface area contributed by atoms with Crippen molar-refractivity contribution >= 4 is 5.97 Å². The summed E-state index contributed by atoms with van der Waals surface area (Å²) < 4.78 is 4.79. The Balaban J connectivity index is 3.58. The molecular weight excluding hydrogens is 220 g/mol. The first-order valence-corrected chi connectivity index (χ1v) is 6.45. The molecule has 4 nitrogen and oxygen atoms in total. The molecule has 0 aliphatic heterocycles. The van der Waals surface area contributed by atoms with E-state index in [1.54, 1.807) is 13.8 Å². The minimum atomic E-state index is -1.21. The van der Waals surface area contributed by atoms with Gasteiger partial charge in [-0.2, -0.15) is 0 Å². The van der Waals surface area contributed by atoms with Gasteiger partial charge >= 0.3 is 5.97 Å². The lowest BCUT2D eigenvalue weighted by Gasteiger charge is -2.21. The number of esters is 1. The van der Waals surface area contributed by atoms with Gasteiger partial charge in [0.2, 0.25) is 6.29 Å². The normalized spacial score (nSPS) is 13.5. The molecule has 102 valence electrons. The number of hydrogen-bond donors (Lipinski definition) is 2. The van der Waals surface area contributed by atoms with Crippen molar-refractivity contribution in [3.8, 4) is 0 Å². The van der Waals surface area contributed by atoms with Crippen LogP contribution in [0.5, 0.6) is 0 Å². The highest BCUT2D eigenvalue weighted by atomic mass is 16.6. The zero-order chi connectivity index (χ0) is 13.3. The minimum Gasteiger partial charge on any atom is -0.436 e. The highest BCUT2D eigenvalue weighted by Crippen LogP contribution is 2.13. The Labute approximate surface area is 104 Å². The smallest absolute Gasteiger partial charge is 0.308 e. The predicted octanol–water partition coefficient (Wildman–Crippen LogP) is 2.37. The van der Waals surface area contributed by atoms with Crippen LogP contribution < -0.4 is 0 Å². The van der Waals surface area contributed by atoms with Crippen molar-refractivity contribution < 1.29 is 19.7 Å². The maximum atomic E-state index is 11.3. The van der Waals surface area contributed by atoms with Gasteiger partial charge < -0.3 is 14.9 Å². The monoisotopic (exact) mass is 246 g/mol. The van der Waals surface area contributed by atoms with Gasteiger partial charge in [-0.05, 0) is 20.3 Å². The number of carbonyl (C=O) groups excluding carboxylic acids is 1. The Bertz CT molecular complexity index is 208. The molecule has 0 saturated heterocycles. The van der Waals surface area contributed by atoms with Crippen molar-refractivity contribution in [2.45, 2.75) is 77.6 Å². The SMILES string of the molecule is CCCCCCCC(=O)OC(O)CC(C)(C)O. The van der Waals surface area contributed by atoms with E-state index in [1.165, 1.54) is 12.8 Å². The summed E-state index contributed by atoms with van der Waals surface area (Å²) >= 11 is 0. The van der Waals surface area contributed by atoms with Gasteiger partial charge in [-0.15, -0.1) is 0 Å². The average Bonchev–Trinajstić information content (AvgIpc) is 2.14. The number of hydrogen-bond acceptors (Lipinski definition) is 4. The van der Waals surface area contributed by atoms with Gasteiger partial charge in [-0.25, -0.2) is 0 Å². The number of aliphatic hydroxyl groups is 2. The molecule has 0 aromatic heterocycles. The molecule has 0 bridgehead atoms. The Morgan fingerprint density at radius 1 is 1.24 bits per heavy atom. The van der Waals surface area contributed by atoms with Gasteiger partial charge in [0.15, 0.2) is 0 Å². The third kappa shape index (κ3) is 11.6. The third-order valence-electron chi connectivity index (χ3n) is 2.43. The molecule has 1 unspecified atom stereocenters. The molecule has 0 saturated carbocycles. The second-order valence-corrected chi connectivity index (χ2v) is 5.13. The molecular formula is C13H26O4. The molecule has 0 fully saturated rings. The van der Waals surface area contributed by atoms with Crippen molar-refractivity contribution in [1.82, 2.24) is 0 Å². The molecule has 0 aliphatic rings. The van der Waals surface area contributed by atoms with Crippen molar-refractivity contribution in [2.75, 3.05) is 0 Å². The van der Waals surface area contributed by atoms with Crippen LogP contribution in [-0.2, 0) is 9.53 Å². The van der Waals surface area contributed by atoms with E-state index in [2.05, 4.69) is 6.92 Å². The molecule has 1 atom stereocenters. The Morgan fingerprint density at radius 2 is 1.82 bits per heavy atom. The zero-order valence-corrected chi connectivity index (χ0v) is 11.2. The van der Waals surface area contributed by atoms with Crippen LogP contribution in [0.15, 0.2) is 0 Å². The summed E-state index contributed by atoms with van der Waals surface area (Å²) in [6, 6.07) is 0. The van der Waals surface area contributed by atoms with Crippen molar-refractivity contribution in [1.29, 1.82) is 0 Å². The fourth-order valence-electron chi connectivity index (χ4n) is 1.55. The van der Waals surface area contributed by atoms with Crippen LogP contribution in [0.1, 0.15) is 65.7 Å². The lowest BCUT2D eigenvalue weighted by Crippen LogP contribution is -2.29. The molecule has 2 N–H and O–H groups in total. The van der Waals surface area contributed by atoms with Crippen LogP contribution in [0.3, 0.4) is 0 Å². The topological polar surface area (TPSA) is 66.8 Å². The first kappa shape index (κ1) is 16.4. The second-order valence-electron chi connectivity index (χ2n) is 5.13. The van der Waals surface area contributed by atoms with Gasteiger partial charge in [0.1, 0.15) is 0 Å². The first-order chi connectivity index (χ1) is 7.85. The van der Waals surface area contributed by atoms with E-state index in [0.717, 1.165) is 19.3 Å². The van der Waals surface area contributed by atoms with Gasteiger partial charge in [-0.3, -0.25) is 4.79 Å². The summed E-state index contributed by atoms with van der Waals surface area (Å²) in [6.45, 7) is 5.27. The molecule has 0 aliphatic carbocycles. The predicted molar refractivity (Wildman–Crippen MR) is 66.4 cm³/mol. The minimum absolute atomic E-state index is 0.0363. The summed E-state index contributed by atoms with van der Waals surface area (Å²) in [5.74, 6) is -0.391. The van der Waals surface area contributed by atoms with Gasteiger partial charge in [0, 0.05) is 12.8 Å². The second kappa shape index (κ2) is 8.48. The highest BCUT2D eigenvalue weighted by Gasteiger charge is 2.21. The summed E-state index contributed by atoms with van der Waals surface area (Å²) in [4.78, 5) is 11.3. The molecule has 4 heteroatoms. The van der Waals surface area contributed by atoms with E-state index >= 15 is 0 Å². The lowest BCUT2D eigenvalue weighted by molar-refractivity contribution is -0.175. The molecule has 0 aromatic carbocycles. The summed E-state index contributed by atoms with van der Waals surface area (Å²) in [5, 5.41) is 18.8. The number of ether oxygens (including phenoxy) is 1. The van der Waals surface area contributed by atoms with E-state index < -0.39 is 17.9 Å². The molecule has 0 aromatic rings. The largest absolute Gasteiger partial charge is 0.436 e. The van der Waals surface area contributed by atoms with Crippen LogP contribution in [0.4, 0.5) is 0 Å². The molecule has 0 amide bonds. The fourth-order valence-corrected chi connectivity index (χ4v) is 1.55. The fraction of sp³-hybridized carbons (Fsp3) is 0.923. The van der Waals surface area contributed by atoms with Crippen molar-refractivity contribution in [2.24, 2.45) is 0 Å². The lowest BCUT2D eigenvalue weighted by atomic mass is 10.1. The van der Waals surface area contributed by atoms with Crippen LogP contribution in [0.2, 0.25) is 0 Å². The van der Waals surface area contributed by atoms with Crippen LogP contribution in [0, 0.1) is 0 Å². The van der Waals surface area contributed by atoms with Crippen LogP contribution >= 0.6 is 0 Å². The molecule has 0 radical (unpaired) electrons. The highest BCUT2D eigenvalue weighted by molar-refractivity contribution is 5.69. The number of rotatable bonds is 9. The van der Waals surface area contributed by atoms with Crippen molar-refractivity contribution in [3.05, 3.63) is 0 Å². The van der Waals surface area contributed by atoms with Crippen LogP contribution in [-0.4, -0.2) is 28.1 Å². The van der Waals surface area contributed by atoms with E-state index in [1.807, 2.05) is 0 Å². The Hall–Kier alpha value is -0.610. The van der Waals surface area contributed by atoms with Crippen molar-refractivity contribution in [3.63, 3.8) is 0 Å². The first-order valence-electron chi connectivity index (χ1n) is 6.45. The van der Waals surface area contributed by atoms with Gasteiger partial charge in [0.25, 0.3) is 0 Å². The number of carbonyl (C=O) groups is 1. The number of aliphatic hydroxyl groups excluding tert-OH is 1. The summed E-state index contributed by atoms with van der Waals surface area (Å²) in [5.41, 5.74) is -1.03. The Morgan fingerprint density at radius 3 is 2.35 bits per heavy atom. The third-order valence-corrected chi connectivity index (χ3v) is 2.43. The summed E-state index contributed by atoms with van der Waals surface area (Å²) in [6.07, 6.45) is 4.49. The molecule has 0 rings (SSSR count). The average molecular weight is 246 g/mol. The molecule has 0 heterocycles. The van der Waals surface area contributed by atoms with E-state index in [4.69, 9.17) is 4.74 Å². The maximum absolute atomic E-state index is 11.3. The molecule has 17 heavy (non-hydrogen) atoms. The van der Waals surface area contributed by atoms with Gasteiger partial charge in [0.05, 0.1) is 5.60 Å². The van der Waals surface area contributed by atoms with E-state index in [-0.39, 0.29) is 6.42 Å². The van der Waals surface area contributed by atoms with E-state index in [9.17, 15) is 15.0 Å². The standard InChI is InChI=1S/C13H26O4/c1-4-5-6-7-8-9-11(14)17-12(15)10-13(2,3)16/h12,15-16H,4-10H2,1-3H3. The number of unbranched alkanes of at least 4 members (excludes halogenated alkanes) is 4.